The van der Waals surface area contributed by atoms with Crippen molar-refractivity contribution in [2.75, 3.05) is 13.1 Å². The second-order valence-corrected chi connectivity index (χ2v) is 6.92. The van der Waals surface area contributed by atoms with E-state index >= 15 is 0 Å². The van der Waals surface area contributed by atoms with Crippen molar-refractivity contribution in [1.82, 2.24) is 14.7 Å². The van der Waals surface area contributed by atoms with Gasteiger partial charge in [-0.25, -0.2) is 9.07 Å². The van der Waals surface area contributed by atoms with Crippen LogP contribution in [0.25, 0.3) is 0 Å². The van der Waals surface area contributed by atoms with E-state index in [4.69, 9.17) is 5.26 Å². The monoisotopic (exact) mass is 368 g/mol. The fraction of sp³-hybridized carbons (Fsp3) is 0.400. The lowest BCUT2D eigenvalue weighted by Crippen LogP contribution is -2.40. The Hall–Kier alpha value is -3.01. The molecule has 0 aliphatic carbocycles. The number of hydrogen-bond donors (Lipinski definition) is 0. The van der Waals surface area contributed by atoms with Crippen molar-refractivity contribution >= 4 is 5.91 Å². The Morgan fingerprint density at radius 1 is 1.30 bits per heavy atom. The predicted molar refractivity (Wildman–Crippen MR) is 97.3 cm³/mol. The molecule has 6 nitrogen and oxygen atoms in total. The van der Waals surface area contributed by atoms with Crippen molar-refractivity contribution in [2.24, 2.45) is 13.0 Å². The topological polar surface area (TPSA) is 79.0 Å². The maximum atomic E-state index is 13.4. The van der Waals surface area contributed by atoms with E-state index in [0.717, 1.165) is 24.8 Å². The number of halogens is 1. The van der Waals surface area contributed by atoms with E-state index in [1.54, 1.807) is 25.2 Å². The number of rotatable bonds is 4. The number of aromatic nitrogens is 2. The Morgan fingerprint density at radius 3 is 2.70 bits per heavy atom. The number of carbonyl (C=O) groups is 1. The molecule has 2 heterocycles. The fourth-order valence-corrected chi connectivity index (χ4v) is 3.42. The molecule has 1 aliphatic rings. The van der Waals surface area contributed by atoms with E-state index in [1.807, 2.05) is 11.0 Å². The van der Waals surface area contributed by atoms with Gasteiger partial charge in [-0.05, 0) is 48.9 Å². The normalized spacial score (nSPS) is 14.8. The molecule has 0 atom stereocenters. The molecule has 1 aromatic heterocycles. The number of aryl methyl sites for hydroxylation is 1. The maximum absolute atomic E-state index is 13.4. The largest absolute Gasteiger partial charge is 0.342 e. The summed E-state index contributed by atoms with van der Waals surface area (Å²) in [6.45, 7) is 1.34. The zero-order valence-corrected chi connectivity index (χ0v) is 15.2. The highest BCUT2D eigenvalue weighted by Gasteiger charge is 2.23. The SMILES string of the molecule is Cn1nc(CC(=O)N2CCC(Cc3ccc(F)c(C#N)c3)CC2)ccc1=O. The van der Waals surface area contributed by atoms with Gasteiger partial charge in [-0.1, -0.05) is 6.07 Å². The van der Waals surface area contributed by atoms with Crippen LogP contribution >= 0.6 is 0 Å². The lowest BCUT2D eigenvalue weighted by molar-refractivity contribution is -0.131. The van der Waals surface area contributed by atoms with Crippen LogP contribution in [0.1, 0.15) is 29.7 Å². The van der Waals surface area contributed by atoms with E-state index in [9.17, 15) is 14.0 Å². The van der Waals surface area contributed by atoms with Gasteiger partial charge in [-0.15, -0.1) is 0 Å². The standard InChI is InChI=1S/C20H21FN4O2/c1-24-19(26)5-3-17(23-24)12-20(27)25-8-6-14(7-9-25)10-15-2-4-18(21)16(11-15)13-22/h2-5,11,14H,6-10,12H2,1H3. The van der Waals surface area contributed by atoms with Gasteiger partial charge >= 0.3 is 0 Å². The molecule has 0 radical (unpaired) electrons. The van der Waals surface area contributed by atoms with E-state index in [0.29, 0.717) is 24.7 Å². The second kappa shape index (κ2) is 8.12. The summed E-state index contributed by atoms with van der Waals surface area (Å²) in [6, 6.07) is 9.55. The summed E-state index contributed by atoms with van der Waals surface area (Å²) >= 11 is 0. The molecule has 0 unspecified atom stereocenters. The summed E-state index contributed by atoms with van der Waals surface area (Å²) < 4.78 is 14.7. The number of piperidine rings is 1. The van der Waals surface area contributed by atoms with Gasteiger partial charge in [0.1, 0.15) is 11.9 Å². The number of nitriles is 1. The first-order chi connectivity index (χ1) is 13.0. The Labute approximate surface area is 156 Å². The van der Waals surface area contributed by atoms with E-state index in [2.05, 4.69) is 5.10 Å². The number of likely N-dealkylation sites (tertiary alicyclic amines) is 1. The Kier molecular flexibility index (Phi) is 5.65. The Morgan fingerprint density at radius 2 is 2.04 bits per heavy atom. The van der Waals surface area contributed by atoms with Crippen LogP contribution in [-0.4, -0.2) is 33.7 Å². The van der Waals surface area contributed by atoms with E-state index in [-0.39, 0.29) is 23.5 Å². The average Bonchev–Trinajstić information content (AvgIpc) is 2.67. The number of carbonyl (C=O) groups excluding carboxylic acids is 1. The first-order valence-corrected chi connectivity index (χ1v) is 8.96. The van der Waals surface area contributed by atoms with Crippen LogP contribution < -0.4 is 5.56 Å². The van der Waals surface area contributed by atoms with Gasteiger partial charge in [0.15, 0.2) is 0 Å². The second-order valence-electron chi connectivity index (χ2n) is 6.92. The summed E-state index contributed by atoms with van der Waals surface area (Å²) in [7, 11) is 1.56. The minimum Gasteiger partial charge on any atom is -0.342 e. The van der Waals surface area contributed by atoms with Gasteiger partial charge in [-0.2, -0.15) is 10.4 Å². The van der Waals surface area contributed by atoms with Crippen LogP contribution in [0.15, 0.2) is 35.1 Å². The molecular weight excluding hydrogens is 347 g/mol. The quantitative estimate of drug-likeness (QED) is 0.825. The van der Waals surface area contributed by atoms with Crippen LogP contribution in [0.5, 0.6) is 0 Å². The van der Waals surface area contributed by atoms with Gasteiger partial charge in [-0.3, -0.25) is 9.59 Å². The molecule has 1 saturated heterocycles. The molecule has 0 N–H and O–H groups in total. The summed E-state index contributed by atoms with van der Waals surface area (Å²) in [6.07, 6.45) is 2.69. The Bertz CT molecular complexity index is 940. The van der Waals surface area contributed by atoms with Crippen LogP contribution in [0.2, 0.25) is 0 Å². The number of hydrogen-bond acceptors (Lipinski definition) is 4. The van der Waals surface area contributed by atoms with Crippen LogP contribution in [-0.2, 0) is 24.7 Å². The van der Waals surface area contributed by atoms with Crippen molar-refractivity contribution in [1.29, 1.82) is 5.26 Å². The molecule has 0 saturated carbocycles. The fourth-order valence-electron chi connectivity index (χ4n) is 3.42. The molecule has 27 heavy (non-hydrogen) atoms. The van der Waals surface area contributed by atoms with Crippen molar-refractivity contribution in [3.63, 3.8) is 0 Å². The zero-order valence-electron chi connectivity index (χ0n) is 15.2. The molecule has 1 amide bonds. The molecule has 7 heteroatoms. The van der Waals surface area contributed by atoms with Gasteiger partial charge in [0.05, 0.1) is 17.7 Å². The highest BCUT2D eigenvalue weighted by Crippen LogP contribution is 2.23. The molecule has 1 aliphatic heterocycles. The number of benzene rings is 1. The summed E-state index contributed by atoms with van der Waals surface area (Å²) in [4.78, 5) is 25.7. The lowest BCUT2D eigenvalue weighted by Gasteiger charge is -2.32. The molecule has 1 fully saturated rings. The smallest absolute Gasteiger partial charge is 0.266 e. The van der Waals surface area contributed by atoms with Crippen molar-refractivity contribution in [2.45, 2.75) is 25.7 Å². The highest BCUT2D eigenvalue weighted by molar-refractivity contribution is 5.78. The summed E-state index contributed by atoms with van der Waals surface area (Å²) in [5.41, 5.74) is 1.41. The molecule has 1 aromatic carbocycles. The van der Waals surface area contributed by atoms with Gasteiger partial charge in [0.2, 0.25) is 5.91 Å². The predicted octanol–water partition coefficient (Wildman–Crippen LogP) is 1.81. The third-order valence-electron chi connectivity index (χ3n) is 4.99. The third-order valence-corrected chi connectivity index (χ3v) is 4.99. The molecule has 3 rings (SSSR count). The number of nitrogens with zero attached hydrogens (tertiary/aromatic N) is 4. The third kappa shape index (κ3) is 4.59. The van der Waals surface area contributed by atoms with Gasteiger partial charge in [0, 0.05) is 26.2 Å². The first-order valence-electron chi connectivity index (χ1n) is 8.96. The molecule has 0 bridgehead atoms. The highest BCUT2D eigenvalue weighted by atomic mass is 19.1. The van der Waals surface area contributed by atoms with Crippen molar-refractivity contribution in [3.05, 3.63) is 63.3 Å². The van der Waals surface area contributed by atoms with Crippen molar-refractivity contribution in [3.8, 4) is 6.07 Å². The molecule has 2 aromatic rings. The molecule has 0 spiro atoms. The summed E-state index contributed by atoms with van der Waals surface area (Å²) in [5.74, 6) is -0.0800. The number of amides is 1. The maximum Gasteiger partial charge on any atom is 0.266 e. The van der Waals surface area contributed by atoms with E-state index in [1.165, 1.54) is 16.8 Å². The van der Waals surface area contributed by atoms with Crippen molar-refractivity contribution < 1.29 is 9.18 Å². The van der Waals surface area contributed by atoms with Crippen LogP contribution in [0, 0.1) is 23.1 Å². The van der Waals surface area contributed by atoms with Gasteiger partial charge in [0.25, 0.3) is 5.56 Å². The average molecular weight is 368 g/mol. The Balaban J connectivity index is 1.54. The van der Waals surface area contributed by atoms with Gasteiger partial charge < -0.3 is 4.90 Å². The van der Waals surface area contributed by atoms with Crippen LogP contribution in [0.4, 0.5) is 4.39 Å². The lowest BCUT2D eigenvalue weighted by atomic mass is 9.89. The van der Waals surface area contributed by atoms with E-state index < -0.39 is 5.82 Å². The molecular formula is C20H21FN4O2. The molecule has 140 valence electrons. The first kappa shape index (κ1) is 18.8. The van der Waals surface area contributed by atoms with Crippen LogP contribution in [0.3, 0.4) is 0 Å². The zero-order chi connectivity index (χ0) is 19.4. The summed E-state index contributed by atoms with van der Waals surface area (Å²) in [5, 5.41) is 13.0. The minimum absolute atomic E-state index is 0.00754. The minimum atomic E-state index is -0.492.